The molecular weight excluding hydrogens is 412 g/mol. The van der Waals surface area contributed by atoms with Gasteiger partial charge in [0.25, 0.3) is 18.1 Å². The van der Waals surface area contributed by atoms with Gasteiger partial charge in [-0.15, -0.1) is 11.3 Å². The van der Waals surface area contributed by atoms with Gasteiger partial charge in [-0.3, -0.25) is 19.8 Å². The summed E-state index contributed by atoms with van der Waals surface area (Å²) in [4.78, 5) is 32.6. The number of thiazole rings is 1. The van der Waals surface area contributed by atoms with Gasteiger partial charge in [0, 0.05) is 17.4 Å². The first-order valence-electron chi connectivity index (χ1n) is 8.11. The quantitative estimate of drug-likeness (QED) is 0.516. The number of aryl methyl sites for hydroxylation is 1. The molecule has 0 aliphatic heterocycles. The highest BCUT2D eigenvalue weighted by atomic mass is 32.1. The average Bonchev–Trinajstić information content (AvgIpc) is 2.97. The van der Waals surface area contributed by atoms with Crippen molar-refractivity contribution in [2.45, 2.75) is 19.5 Å². The summed E-state index contributed by atoms with van der Waals surface area (Å²) in [6.45, 7) is 8.05. The third-order valence-corrected chi connectivity index (χ3v) is 4.99. The molecule has 0 spiro atoms. The topological polar surface area (TPSA) is 67.8 Å². The van der Waals surface area contributed by atoms with Crippen molar-refractivity contribution in [3.63, 3.8) is 0 Å². The van der Waals surface area contributed by atoms with Crippen LogP contribution in [0.5, 0.6) is 0 Å². The van der Waals surface area contributed by atoms with Crippen molar-refractivity contribution in [3.05, 3.63) is 79.2 Å². The van der Waals surface area contributed by atoms with Crippen LogP contribution in [-0.4, -0.2) is 22.0 Å². The average molecular weight is 424 g/mol. The first kappa shape index (κ1) is 20.5. The summed E-state index contributed by atoms with van der Waals surface area (Å²) in [5.41, 5.74) is -2.17. The summed E-state index contributed by atoms with van der Waals surface area (Å²) in [5.74, 6) is -2.03. The van der Waals surface area contributed by atoms with Crippen molar-refractivity contribution in [1.82, 2.24) is 14.7 Å². The van der Waals surface area contributed by atoms with Gasteiger partial charge in [-0.25, -0.2) is 20.3 Å². The molecule has 0 bridgehead atoms. The maximum absolute atomic E-state index is 14.3. The molecular formula is C18H12F4N4O2S. The van der Waals surface area contributed by atoms with Crippen LogP contribution in [-0.2, 0) is 12.6 Å². The highest BCUT2D eigenvalue weighted by Crippen LogP contribution is 2.32. The monoisotopic (exact) mass is 424 g/mol. The van der Waals surface area contributed by atoms with Gasteiger partial charge in [0.15, 0.2) is 4.96 Å². The summed E-state index contributed by atoms with van der Waals surface area (Å²) < 4.78 is 54.0. The van der Waals surface area contributed by atoms with Gasteiger partial charge in [-0.2, -0.15) is 13.2 Å². The fourth-order valence-electron chi connectivity index (χ4n) is 2.80. The predicted octanol–water partition coefficient (Wildman–Crippen LogP) is 3.42. The van der Waals surface area contributed by atoms with Gasteiger partial charge in [0.05, 0.1) is 11.3 Å². The van der Waals surface area contributed by atoms with E-state index in [4.69, 9.17) is 6.57 Å². The Kier molecular flexibility index (Phi) is 5.39. The maximum Gasteiger partial charge on any atom is 0.419 e. The van der Waals surface area contributed by atoms with Crippen LogP contribution >= 0.6 is 11.3 Å². The Bertz CT molecular complexity index is 1210. The van der Waals surface area contributed by atoms with Crippen LogP contribution in [0.1, 0.15) is 32.2 Å². The predicted molar refractivity (Wildman–Crippen MR) is 97.2 cm³/mol. The largest absolute Gasteiger partial charge is 0.419 e. The van der Waals surface area contributed by atoms with E-state index in [1.807, 2.05) is 0 Å². The fraction of sp³-hybridized carbons (Fsp3) is 0.222. The number of fused-ring (bicyclic) bond motifs is 1. The Morgan fingerprint density at radius 2 is 2.10 bits per heavy atom. The lowest BCUT2D eigenvalue weighted by atomic mass is 10.0. The lowest BCUT2D eigenvalue weighted by Crippen LogP contribution is -2.28. The van der Waals surface area contributed by atoms with Crippen LogP contribution < -0.4 is 10.9 Å². The summed E-state index contributed by atoms with van der Waals surface area (Å²) in [5, 5.41) is 2.35. The van der Waals surface area contributed by atoms with E-state index in [0.29, 0.717) is 10.9 Å². The van der Waals surface area contributed by atoms with Crippen LogP contribution in [0.25, 0.3) is 9.81 Å². The first-order valence-corrected chi connectivity index (χ1v) is 8.93. The third-order valence-electron chi connectivity index (χ3n) is 4.03. The zero-order valence-corrected chi connectivity index (χ0v) is 15.6. The van der Waals surface area contributed by atoms with Gasteiger partial charge < -0.3 is 0 Å². The van der Waals surface area contributed by atoms with E-state index in [0.717, 1.165) is 27.9 Å². The number of amides is 1. The van der Waals surface area contributed by atoms with E-state index in [-0.39, 0.29) is 35.0 Å². The minimum atomic E-state index is -4.84. The Morgan fingerprint density at radius 3 is 2.76 bits per heavy atom. The highest BCUT2D eigenvalue weighted by molar-refractivity contribution is 7.17. The van der Waals surface area contributed by atoms with Crippen LogP contribution in [0.3, 0.4) is 0 Å². The zero-order valence-electron chi connectivity index (χ0n) is 14.8. The number of carbonyl (C=O) groups excluding carboxylic acids is 1. The molecule has 0 radical (unpaired) electrons. The van der Waals surface area contributed by atoms with Gasteiger partial charge in [0.1, 0.15) is 11.5 Å². The van der Waals surface area contributed by atoms with Gasteiger partial charge in [0.2, 0.25) is 0 Å². The third kappa shape index (κ3) is 3.97. The van der Waals surface area contributed by atoms with Gasteiger partial charge in [-0.1, -0.05) is 12.1 Å². The van der Waals surface area contributed by atoms with Crippen molar-refractivity contribution in [1.29, 1.82) is 0 Å². The number of rotatable bonds is 4. The van der Waals surface area contributed by atoms with Gasteiger partial charge >= 0.3 is 6.18 Å². The van der Waals surface area contributed by atoms with E-state index in [1.54, 1.807) is 6.92 Å². The summed E-state index contributed by atoms with van der Waals surface area (Å²) >= 11 is 1.03. The minimum absolute atomic E-state index is 0.0305. The summed E-state index contributed by atoms with van der Waals surface area (Å²) in [6.07, 6.45) is -5.16. The Morgan fingerprint density at radius 1 is 1.38 bits per heavy atom. The molecule has 11 heteroatoms. The molecule has 1 amide bonds. The Balaban J connectivity index is 2.03. The molecule has 0 aliphatic rings. The number of nitrogens with one attached hydrogen (secondary N) is 1. The smallest absolute Gasteiger partial charge is 0.293 e. The molecule has 6 nitrogen and oxygen atoms in total. The van der Waals surface area contributed by atoms with Crippen molar-refractivity contribution < 1.29 is 22.4 Å². The Hall–Kier alpha value is -3.26. The number of alkyl halides is 3. The van der Waals surface area contributed by atoms with E-state index in [2.05, 4.69) is 15.1 Å². The molecule has 0 aliphatic carbocycles. The van der Waals surface area contributed by atoms with Crippen LogP contribution in [0.15, 0.2) is 29.1 Å². The first-order chi connectivity index (χ1) is 13.6. The molecule has 3 aromatic rings. The molecule has 0 saturated carbocycles. The Labute approximate surface area is 165 Å². The van der Waals surface area contributed by atoms with E-state index in [9.17, 15) is 27.2 Å². The van der Waals surface area contributed by atoms with Crippen molar-refractivity contribution in [2.24, 2.45) is 0 Å². The molecule has 29 heavy (non-hydrogen) atoms. The number of benzene rings is 1. The van der Waals surface area contributed by atoms with E-state index in [1.165, 1.54) is 6.07 Å². The van der Waals surface area contributed by atoms with Crippen LogP contribution in [0.4, 0.5) is 17.6 Å². The van der Waals surface area contributed by atoms with Crippen LogP contribution in [0.2, 0.25) is 0 Å². The van der Waals surface area contributed by atoms with Crippen molar-refractivity contribution >= 4 is 22.2 Å². The second-order valence-electron chi connectivity index (χ2n) is 5.99. The molecule has 0 atom stereocenters. The van der Waals surface area contributed by atoms with Crippen molar-refractivity contribution in [3.8, 4) is 0 Å². The number of carbonyl (C=O) groups is 1. The molecule has 0 saturated heterocycles. The van der Waals surface area contributed by atoms with Crippen LogP contribution in [0, 0.1) is 19.3 Å². The standard InChI is InChI=1S/C18H12F4N4O2S/c1-9-15(16(28)24-8-23-2)26-13(27)7-11(25-17(26)29-9)6-10-4-3-5-12(14(10)19)18(20,21)22/h3-5,7H,6,8H2,1H3,(H,24,28). The lowest BCUT2D eigenvalue weighted by Gasteiger charge is -2.11. The number of nitrogens with zero attached hydrogens (tertiary/aromatic N) is 3. The minimum Gasteiger partial charge on any atom is -0.293 e. The molecule has 1 aromatic carbocycles. The SMILES string of the molecule is [C-]#[N+]CNC(=O)c1c(C)sc2nc(Cc3cccc(C(F)(F)F)c3F)cc(=O)n12. The fourth-order valence-corrected chi connectivity index (χ4v) is 3.79. The molecule has 150 valence electrons. The molecule has 0 unspecified atom stereocenters. The second kappa shape index (κ2) is 7.63. The number of aromatic nitrogens is 2. The number of hydrogen-bond donors (Lipinski definition) is 1. The lowest BCUT2D eigenvalue weighted by molar-refractivity contribution is -0.140. The molecule has 2 heterocycles. The summed E-state index contributed by atoms with van der Waals surface area (Å²) in [6, 6.07) is 3.96. The van der Waals surface area contributed by atoms with Crippen molar-refractivity contribution in [2.75, 3.05) is 6.67 Å². The van der Waals surface area contributed by atoms with Gasteiger partial charge in [-0.05, 0) is 18.6 Å². The normalized spacial score (nSPS) is 11.4. The molecule has 3 rings (SSSR count). The zero-order chi connectivity index (χ0) is 21.3. The van der Waals surface area contributed by atoms with E-state index < -0.39 is 29.0 Å². The number of halogens is 4. The molecule has 2 aromatic heterocycles. The van der Waals surface area contributed by atoms with E-state index >= 15 is 0 Å². The second-order valence-corrected chi connectivity index (χ2v) is 7.17. The molecule has 0 fully saturated rings. The highest BCUT2D eigenvalue weighted by Gasteiger charge is 2.34. The molecule has 1 N–H and O–H groups in total. The maximum atomic E-state index is 14.3. The summed E-state index contributed by atoms with van der Waals surface area (Å²) in [7, 11) is 0. The number of hydrogen-bond acceptors (Lipinski definition) is 4.